The Labute approximate surface area is 186 Å². The van der Waals surface area contributed by atoms with Crippen molar-refractivity contribution in [3.8, 4) is 22.9 Å². The molecule has 3 aromatic carbocycles. The topological polar surface area (TPSA) is 87.2 Å². The van der Waals surface area contributed by atoms with Gasteiger partial charge in [0.25, 0.3) is 0 Å². The number of hydrogen-bond acceptors (Lipinski definition) is 4. The zero-order valence-electron chi connectivity index (χ0n) is 18.3. The molecule has 2 N–H and O–H groups in total. The Morgan fingerprint density at radius 2 is 1.78 bits per heavy atom. The van der Waals surface area contributed by atoms with Crippen LogP contribution >= 0.6 is 0 Å². The predicted molar refractivity (Wildman–Crippen MR) is 125 cm³/mol. The van der Waals surface area contributed by atoms with Crippen LogP contribution in [0.3, 0.4) is 0 Å². The van der Waals surface area contributed by atoms with Gasteiger partial charge in [0, 0.05) is 11.1 Å². The minimum absolute atomic E-state index is 0.0222. The highest BCUT2D eigenvalue weighted by Gasteiger charge is 2.16. The SMILES string of the molecule is CC(C)(C)c1ccc(Oc2cccc(-c3nc4cc(C=O)ccc4n3CC(N)=O)c2)cc1. The summed E-state index contributed by atoms with van der Waals surface area (Å²) < 4.78 is 7.82. The molecule has 0 bridgehead atoms. The van der Waals surface area contributed by atoms with E-state index >= 15 is 0 Å². The maximum atomic E-state index is 11.7. The van der Waals surface area contributed by atoms with Crippen molar-refractivity contribution in [3.05, 3.63) is 77.9 Å². The van der Waals surface area contributed by atoms with Crippen LogP contribution in [0.1, 0.15) is 36.7 Å². The molecule has 0 saturated heterocycles. The minimum Gasteiger partial charge on any atom is -0.457 e. The first kappa shape index (κ1) is 21.3. The van der Waals surface area contributed by atoms with Crippen LogP contribution in [0.2, 0.25) is 0 Å². The predicted octanol–water partition coefficient (Wildman–Crippen LogP) is 5.09. The standard InChI is InChI=1S/C26H25N3O3/c1-26(2,3)19-8-10-20(11-9-19)32-21-6-4-5-18(14-21)25-28-22-13-17(16-30)7-12-23(22)29(25)15-24(27)31/h4-14,16H,15H2,1-3H3,(H2,27,31). The first-order chi connectivity index (χ1) is 15.2. The van der Waals surface area contributed by atoms with Crippen molar-refractivity contribution in [1.29, 1.82) is 0 Å². The number of carbonyl (C=O) groups is 2. The molecule has 4 rings (SSSR count). The third kappa shape index (κ3) is 4.39. The molecule has 0 radical (unpaired) electrons. The average Bonchev–Trinajstić information content (AvgIpc) is 3.10. The summed E-state index contributed by atoms with van der Waals surface area (Å²) in [5.41, 5.74) is 9.43. The number of ether oxygens (including phenoxy) is 1. The molecule has 0 aliphatic rings. The second-order valence-corrected chi connectivity index (χ2v) is 8.76. The van der Waals surface area contributed by atoms with Crippen LogP contribution in [0.5, 0.6) is 11.5 Å². The van der Waals surface area contributed by atoms with E-state index in [4.69, 9.17) is 10.5 Å². The lowest BCUT2D eigenvalue weighted by atomic mass is 9.87. The van der Waals surface area contributed by atoms with Crippen molar-refractivity contribution in [3.63, 3.8) is 0 Å². The summed E-state index contributed by atoms with van der Waals surface area (Å²) in [4.78, 5) is 27.5. The maximum Gasteiger partial charge on any atom is 0.237 e. The molecule has 0 atom stereocenters. The summed E-state index contributed by atoms with van der Waals surface area (Å²) >= 11 is 0. The van der Waals surface area contributed by atoms with Crippen molar-refractivity contribution in [2.24, 2.45) is 5.73 Å². The Morgan fingerprint density at radius 3 is 2.44 bits per heavy atom. The molecule has 1 heterocycles. The van der Waals surface area contributed by atoms with Crippen LogP contribution in [-0.2, 0) is 16.8 Å². The van der Waals surface area contributed by atoms with Gasteiger partial charge in [-0.25, -0.2) is 4.98 Å². The van der Waals surface area contributed by atoms with Crippen molar-refractivity contribution in [1.82, 2.24) is 9.55 Å². The number of rotatable bonds is 6. The number of amides is 1. The summed E-state index contributed by atoms with van der Waals surface area (Å²) in [6.45, 7) is 6.49. The number of aldehydes is 1. The van der Waals surface area contributed by atoms with E-state index in [-0.39, 0.29) is 12.0 Å². The van der Waals surface area contributed by atoms with Gasteiger partial charge in [-0.2, -0.15) is 0 Å². The molecule has 0 aliphatic carbocycles. The quantitative estimate of drug-likeness (QED) is 0.434. The average molecular weight is 428 g/mol. The fourth-order valence-electron chi connectivity index (χ4n) is 3.61. The summed E-state index contributed by atoms with van der Waals surface area (Å²) in [5, 5.41) is 0. The monoisotopic (exact) mass is 427 g/mol. The van der Waals surface area contributed by atoms with E-state index < -0.39 is 5.91 Å². The number of imidazole rings is 1. The van der Waals surface area contributed by atoms with Crippen molar-refractivity contribution in [2.45, 2.75) is 32.7 Å². The molecular weight excluding hydrogens is 402 g/mol. The number of nitrogens with zero attached hydrogens (tertiary/aromatic N) is 2. The summed E-state index contributed by atoms with van der Waals surface area (Å²) in [6, 6.07) is 20.7. The van der Waals surface area contributed by atoms with Crippen LogP contribution in [0.15, 0.2) is 66.7 Å². The Bertz CT molecular complexity index is 1300. The third-order valence-corrected chi connectivity index (χ3v) is 5.27. The van der Waals surface area contributed by atoms with E-state index in [1.165, 1.54) is 5.56 Å². The van der Waals surface area contributed by atoms with Gasteiger partial charge in [-0.15, -0.1) is 0 Å². The molecule has 0 unspecified atom stereocenters. The lowest BCUT2D eigenvalue weighted by Gasteiger charge is -2.19. The Hall–Kier alpha value is -3.93. The van der Waals surface area contributed by atoms with Crippen LogP contribution in [0, 0.1) is 0 Å². The highest BCUT2D eigenvalue weighted by Crippen LogP contribution is 2.31. The molecule has 4 aromatic rings. The van der Waals surface area contributed by atoms with Crippen molar-refractivity contribution < 1.29 is 14.3 Å². The summed E-state index contributed by atoms with van der Waals surface area (Å²) in [6.07, 6.45) is 0.769. The summed E-state index contributed by atoms with van der Waals surface area (Å²) in [7, 11) is 0. The van der Waals surface area contributed by atoms with Crippen LogP contribution in [-0.4, -0.2) is 21.7 Å². The second-order valence-electron chi connectivity index (χ2n) is 8.76. The Kier molecular flexibility index (Phi) is 5.53. The molecule has 0 fully saturated rings. The summed E-state index contributed by atoms with van der Waals surface area (Å²) in [5.74, 6) is 1.49. The molecule has 1 aromatic heterocycles. The van der Waals surface area contributed by atoms with Gasteiger partial charge in [-0.05, 0) is 53.4 Å². The molecule has 32 heavy (non-hydrogen) atoms. The number of carbonyl (C=O) groups excluding carboxylic acids is 2. The lowest BCUT2D eigenvalue weighted by molar-refractivity contribution is -0.118. The van der Waals surface area contributed by atoms with Gasteiger partial charge in [-0.1, -0.05) is 45.0 Å². The fourth-order valence-corrected chi connectivity index (χ4v) is 3.61. The second kappa shape index (κ2) is 8.30. The van der Waals surface area contributed by atoms with E-state index in [1.807, 2.05) is 36.4 Å². The zero-order valence-corrected chi connectivity index (χ0v) is 18.3. The van der Waals surface area contributed by atoms with Gasteiger partial charge in [0.15, 0.2) is 0 Å². The molecule has 0 saturated carbocycles. The van der Waals surface area contributed by atoms with E-state index in [0.717, 1.165) is 23.1 Å². The van der Waals surface area contributed by atoms with Crippen LogP contribution < -0.4 is 10.5 Å². The number of fused-ring (bicyclic) bond motifs is 1. The Morgan fingerprint density at radius 1 is 1.03 bits per heavy atom. The molecule has 6 nitrogen and oxygen atoms in total. The van der Waals surface area contributed by atoms with Gasteiger partial charge in [-0.3, -0.25) is 9.59 Å². The van der Waals surface area contributed by atoms with Crippen molar-refractivity contribution >= 4 is 23.2 Å². The third-order valence-electron chi connectivity index (χ3n) is 5.27. The van der Waals surface area contributed by atoms with Crippen molar-refractivity contribution in [2.75, 3.05) is 0 Å². The number of nitrogens with two attached hydrogens (primary N) is 1. The molecule has 162 valence electrons. The maximum absolute atomic E-state index is 11.7. The van der Waals surface area contributed by atoms with E-state index in [2.05, 4.69) is 37.9 Å². The zero-order chi connectivity index (χ0) is 22.9. The lowest BCUT2D eigenvalue weighted by Crippen LogP contribution is -2.19. The molecule has 1 amide bonds. The normalized spacial score (nSPS) is 11.5. The van der Waals surface area contributed by atoms with Gasteiger partial charge in [0.1, 0.15) is 30.2 Å². The van der Waals surface area contributed by atoms with Gasteiger partial charge < -0.3 is 15.0 Å². The first-order valence-electron chi connectivity index (χ1n) is 10.4. The van der Waals surface area contributed by atoms with E-state index in [0.29, 0.717) is 22.7 Å². The van der Waals surface area contributed by atoms with Gasteiger partial charge in [0.2, 0.25) is 5.91 Å². The molecule has 0 aliphatic heterocycles. The highest BCUT2D eigenvalue weighted by molar-refractivity contribution is 5.88. The highest BCUT2D eigenvalue weighted by atomic mass is 16.5. The number of hydrogen-bond donors (Lipinski definition) is 1. The number of primary amides is 1. The number of aromatic nitrogens is 2. The van der Waals surface area contributed by atoms with Gasteiger partial charge in [0.05, 0.1) is 11.0 Å². The van der Waals surface area contributed by atoms with Crippen LogP contribution in [0.4, 0.5) is 0 Å². The largest absolute Gasteiger partial charge is 0.457 e. The smallest absolute Gasteiger partial charge is 0.237 e. The molecule has 0 spiro atoms. The number of benzene rings is 3. The fraction of sp³-hybridized carbons (Fsp3) is 0.192. The molecule has 6 heteroatoms. The van der Waals surface area contributed by atoms with E-state index in [9.17, 15) is 9.59 Å². The van der Waals surface area contributed by atoms with Crippen LogP contribution in [0.25, 0.3) is 22.4 Å². The minimum atomic E-state index is -0.476. The Balaban J connectivity index is 1.71. The van der Waals surface area contributed by atoms with Gasteiger partial charge >= 0.3 is 0 Å². The van der Waals surface area contributed by atoms with E-state index in [1.54, 1.807) is 22.8 Å². The molecular formula is C26H25N3O3. The first-order valence-corrected chi connectivity index (χ1v) is 10.4.